The summed E-state index contributed by atoms with van der Waals surface area (Å²) in [5, 5.41) is 5.02. The van der Waals surface area contributed by atoms with Crippen molar-refractivity contribution in [1.29, 1.82) is 0 Å². The molecule has 3 nitrogen and oxygen atoms in total. The first-order chi connectivity index (χ1) is 6.25. The minimum atomic E-state index is 1.11. The lowest BCUT2D eigenvalue weighted by atomic mass is 10.0. The second-order valence-corrected chi connectivity index (χ2v) is 3.70. The summed E-state index contributed by atoms with van der Waals surface area (Å²) in [5.74, 6) is 5.79. The van der Waals surface area contributed by atoms with Gasteiger partial charge in [-0.25, -0.2) is 5.84 Å². The van der Waals surface area contributed by atoms with Gasteiger partial charge < -0.3 is 10.3 Å². The molecule has 0 saturated heterocycles. The fraction of sp³-hybridized carbons (Fsp3) is 0.800. The molecule has 0 radical (unpaired) electrons. The van der Waals surface area contributed by atoms with Crippen molar-refractivity contribution in [3.8, 4) is 0 Å². The molecule has 3 heteroatoms. The molecule has 0 fully saturated rings. The van der Waals surface area contributed by atoms with Crippen LogP contribution < -0.4 is 11.2 Å². The van der Waals surface area contributed by atoms with E-state index >= 15 is 0 Å². The Balaban J connectivity index is 2.74. The predicted molar refractivity (Wildman–Crippen MR) is 55.7 cm³/mol. The fourth-order valence-electron chi connectivity index (χ4n) is 1.90. The van der Waals surface area contributed by atoms with Crippen LogP contribution in [-0.4, -0.2) is 19.1 Å². The molecular weight excluding hydrogens is 162 g/mol. The van der Waals surface area contributed by atoms with Gasteiger partial charge in [-0.3, -0.25) is 0 Å². The van der Waals surface area contributed by atoms with Crippen LogP contribution in [0.4, 0.5) is 0 Å². The lowest BCUT2D eigenvalue weighted by molar-refractivity contribution is 0.394. The van der Waals surface area contributed by atoms with Gasteiger partial charge in [0.1, 0.15) is 0 Å². The van der Waals surface area contributed by atoms with E-state index in [0.717, 1.165) is 12.8 Å². The summed E-state index contributed by atoms with van der Waals surface area (Å²) in [6, 6.07) is 0. The van der Waals surface area contributed by atoms with Crippen molar-refractivity contribution in [1.82, 2.24) is 10.3 Å². The van der Waals surface area contributed by atoms with Gasteiger partial charge >= 0.3 is 0 Å². The lowest BCUT2D eigenvalue weighted by Crippen LogP contribution is -2.29. The van der Waals surface area contributed by atoms with Crippen LogP contribution in [0.5, 0.6) is 0 Å². The SMILES string of the molecule is CN/C1=C(\N(C)N)CCCCCC1. The van der Waals surface area contributed by atoms with E-state index in [-0.39, 0.29) is 0 Å². The summed E-state index contributed by atoms with van der Waals surface area (Å²) in [4.78, 5) is 0. The molecule has 0 aromatic heterocycles. The normalized spacial score (nSPS) is 24.8. The van der Waals surface area contributed by atoms with Crippen LogP contribution in [0.1, 0.15) is 38.5 Å². The number of hydrogen-bond acceptors (Lipinski definition) is 3. The van der Waals surface area contributed by atoms with Crippen molar-refractivity contribution in [3.05, 3.63) is 11.4 Å². The Labute approximate surface area is 80.9 Å². The summed E-state index contributed by atoms with van der Waals surface area (Å²) >= 11 is 0. The third-order valence-electron chi connectivity index (χ3n) is 2.67. The number of nitrogens with two attached hydrogens (primary N) is 1. The number of nitrogens with zero attached hydrogens (tertiary/aromatic N) is 1. The topological polar surface area (TPSA) is 41.3 Å². The highest BCUT2D eigenvalue weighted by atomic mass is 15.4. The zero-order valence-electron chi connectivity index (χ0n) is 8.77. The molecule has 0 saturated carbocycles. The maximum absolute atomic E-state index is 5.79. The second kappa shape index (κ2) is 5.12. The van der Waals surface area contributed by atoms with Crippen molar-refractivity contribution in [2.45, 2.75) is 38.5 Å². The van der Waals surface area contributed by atoms with Gasteiger partial charge in [0.25, 0.3) is 0 Å². The van der Waals surface area contributed by atoms with Crippen LogP contribution in [-0.2, 0) is 0 Å². The Bertz CT molecular complexity index is 185. The molecule has 0 amide bonds. The molecule has 1 aliphatic rings. The first kappa shape index (κ1) is 10.4. The highest BCUT2D eigenvalue weighted by Gasteiger charge is 2.10. The number of allylic oxidation sites excluding steroid dienone is 2. The second-order valence-electron chi connectivity index (χ2n) is 3.70. The molecule has 13 heavy (non-hydrogen) atoms. The molecule has 0 spiro atoms. The van der Waals surface area contributed by atoms with Crippen LogP contribution in [0.3, 0.4) is 0 Å². The monoisotopic (exact) mass is 183 g/mol. The number of nitrogens with one attached hydrogen (secondary N) is 1. The first-order valence-electron chi connectivity index (χ1n) is 5.14. The zero-order chi connectivity index (χ0) is 9.68. The molecule has 1 rings (SSSR count). The van der Waals surface area contributed by atoms with Crippen molar-refractivity contribution >= 4 is 0 Å². The minimum absolute atomic E-state index is 1.11. The van der Waals surface area contributed by atoms with Crippen molar-refractivity contribution < 1.29 is 0 Å². The Morgan fingerprint density at radius 1 is 1.15 bits per heavy atom. The minimum Gasteiger partial charge on any atom is -0.390 e. The van der Waals surface area contributed by atoms with Crippen LogP contribution in [0.15, 0.2) is 11.4 Å². The summed E-state index contributed by atoms with van der Waals surface area (Å²) < 4.78 is 0. The van der Waals surface area contributed by atoms with E-state index in [4.69, 9.17) is 5.84 Å². The van der Waals surface area contributed by atoms with Gasteiger partial charge in [0.15, 0.2) is 0 Å². The number of hydrazine groups is 1. The maximum Gasteiger partial charge on any atom is 0.0476 e. The third kappa shape index (κ3) is 2.92. The summed E-state index contributed by atoms with van der Waals surface area (Å²) in [6.07, 6.45) is 7.51. The molecule has 0 heterocycles. The van der Waals surface area contributed by atoms with E-state index in [1.165, 1.54) is 37.1 Å². The van der Waals surface area contributed by atoms with Gasteiger partial charge in [0, 0.05) is 25.5 Å². The standard InChI is InChI=1S/C10H21N3/c1-12-9-7-5-3-4-6-8-10(9)13(2)11/h12H,3-8,11H2,1-2H3/b10-9-. The molecule has 0 unspecified atom stereocenters. The summed E-state index contributed by atoms with van der Waals surface area (Å²) in [5.41, 5.74) is 2.60. The highest BCUT2D eigenvalue weighted by Crippen LogP contribution is 2.21. The highest BCUT2D eigenvalue weighted by molar-refractivity contribution is 5.11. The molecular formula is C10H21N3. The smallest absolute Gasteiger partial charge is 0.0476 e. The van der Waals surface area contributed by atoms with Gasteiger partial charge in [0.05, 0.1) is 0 Å². The number of hydrogen-bond donors (Lipinski definition) is 2. The zero-order valence-corrected chi connectivity index (χ0v) is 8.77. The van der Waals surface area contributed by atoms with Gasteiger partial charge in [-0.05, 0) is 25.7 Å². The van der Waals surface area contributed by atoms with E-state index in [9.17, 15) is 0 Å². The summed E-state index contributed by atoms with van der Waals surface area (Å²) in [6.45, 7) is 0. The van der Waals surface area contributed by atoms with Crippen LogP contribution in [0, 0.1) is 0 Å². The van der Waals surface area contributed by atoms with E-state index in [1.807, 2.05) is 14.1 Å². The Morgan fingerprint density at radius 2 is 1.77 bits per heavy atom. The lowest BCUT2D eigenvalue weighted by Gasteiger charge is -2.23. The molecule has 0 bridgehead atoms. The molecule has 0 atom stereocenters. The van der Waals surface area contributed by atoms with Gasteiger partial charge in [-0.2, -0.15) is 0 Å². The molecule has 76 valence electrons. The molecule has 1 aliphatic carbocycles. The third-order valence-corrected chi connectivity index (χ3v) is 2.67. The largest absolute Gasteiger partial charge is 0.390 e. The van der Waals surface area contributed by atoms with Gasteiger partial charge in [-0.1, -0.05) is 12.8 Å². The quantitative estimate of drug-likeness (QED) is 0.504. The molecule has 0 aromatic carbocycles. The maximum atomic E-state index is 5.79. The van der Waals surface area contributed by atoms with Crippen molar-refractivity contribution in [2.24, 2.45) is 5.84 Å². The summed E-state index contributed by atoms with van der Waals surface area (Å²) in [7, 11) is 3.91. The number of rotatable bonds is 2. The van der Waals surface area contributed by atoms with Crippen LogP contribution in [0.2, 0.25) is 0 Å². The van der Waals surface area contributed by atoms with Crippen molar-refractivity contribution in [2.75, 3.05) is 14.1 Å². The van der Waals surface area contributed by atoms with Gasteiger partial charge in [0.2, 0.25) is 0 Å². The molecule has 0 aliphatic heterocycles. The van der Waals surface area contributed by atoms with E-state index in [0.29, 0.717) is 0 Å². The van der Waals surface area contributed by atoms with E-state index < -0.39 is 0 Å². The van der Waals surface area contributed by atoms with Gasteiger partial charge in [-0.15, -0.1) is 0 Å². The average molecular weight is 183 g/mol. The van der Waals surface area contributed by atoms with Crippen LogP contribution >= 0.6 is 0 Å². The first-order valence-corrected chi connectivity index (χ1v) is 5.14. The Morgan fingerprint density at radius 3 is 2.31 bits per heavy atom. The van der Waals surface area contributed by atoms with Crippen LogP contribution in [0.25, 0.3) is 0 Å². The van der Waals surface area contributed by atoms with Crippen molar-refractivity contribution in [3.63, 3.8) is 0 Å². The Hall–Kier alpha value is -0.700. The molecule has 0 aromatic rings. The fourth-order valence-corrected chi connectivity index (χ4v) is 1.90. The van der Waals surface area contributed by atoms with E-state index in [2.05, 4.69) is 5.32 Å². The van der Waals surface area contributed by atoms with E-state index in [1.54, 1.807) is 5.01 Å². The average Bonchev–Trinajstić information content (AvgIpc) is 2.03. The molecule has 3 N–H and O–H groups in total. The predicted octanol–water partition coefficient (Wildman–Crippen LogP) is 1.58. The Kier molecular flexibility index (Phi) is 4.09.